The van der Waals surface area contributed by atoms with E-state index in [2.05, 4.69) is 10.2 Å². The molecule has 1 saturated heterocycles. The average molecular weight is 457 g/mol. The van der Waals surface area contributed by atoms with Gasteiger partial charge in [0.05, 0.1) is 33.4 Å². The second-order valence-electron chi connectivity index (χ2n) is 7.55. The molecule has 2 heterocycles. The molecule has 2 amide bonds. The van der Waals surface area contributed by atoms with E-state index in [0.717, 1.165) is 36.8 Å². The largest absolute Gasteiger partial charge is 0.356 e. The highest BCUT2D eigenvalue weighted by Crippen LogP contribution is 2.30. The molecule has 0 unspecified atom stereocenters. The van der Waals surface area contributed by atoms with Crippen LogP contribution >= 0.6 is 23.2 Å². The molecule has 0 spiro atoms. The van der Waals surface area contributed by atoms with Crippen molar-refractivity contribution in [3.63, 3.8) is 0 Å². The van der Waals surface area contributed by atoms with E-state index in [9.17, 15) is 9.59 Å². The van der Waals surface area contributed by atoms with Gasteiger partial charge in [0.25, 0.3) is 5.91 Å². The van der Waals surface area contributed by atoms with E-state index < -0.39 is 0 Å². The number of para-hydroxylation sites is 2. The van der Waals surface area contributed by atoms with E-state index in [1.807, 2.05) is 30.3 Å². The van der Waals surface area contributed by atoms with Crippen LogP contribution < -0.4 is 10.2 Å². The van der Waals surface area contributed by atoms with Gasteiger partial charge in [-0.2, -0.15) is 0 Å². The van der Waals surface area contributed by atoms with Gasteiger partial charge in [-0.25, -0.2) is 4.98 Å². The number of hydrogen-bond donors (Lipinski definition) is 1. The first-order valence-corrected chi connectivity index (χ1v) is 10.8. The van der Waals surface area contributed by atoms with Crippen molar-refractivity contribution >= 4 is 57.4 Å². The summed E-state index contributed by atoms with van der Waals surface area (Å²) in [5, 5.41) is 4.25. The molecule has 0 atom stereocenters. The van der Waals surface area contributed by atoms with Gasteiger partial charge in [0.15, 0.2) is 0 Å². The van der Waals surface area contributed by atoms with Crippen molar-refractivity contribution in [3.05, 3.63) is 64.1 Å². The number of nitrogens with zero attached hydrogens (tertiary/aromatic N) is 3. The summed E-state index contributed by atoms with van der Waals surface area (Å²) in [4.78, 5) is 34.2. The van der Waals surface area contributed by atoms with Crippen LogP contribution in [0, 0.1) is 0 Å². The highest BCUT2D eigenvalue weighted by Gasteiger charge is 2.25. The number of rotatable bonds is 5. The number of fused-ring (bicyclic) bond motifs is 1. The van der Waals surface area contributed by atoms with Crippen LogP contribution in [0.2, 0.25) is 10.0 Å². The Balaban J connectivity index is 1.58. The van der Waals surface area contributed by atoms with Gasteiger partial charge in [-0.3, -0.25) is 9.59 Å². The van der Waals surface area contributed by atoms with Crippen LogP contribution in [-0.2, 0) is 4.79 Å². The molecular formula is C23H22Cl2N4O2. The number of nitrogens with one attached hydrogen (secondary N) is 1. The Morgan fingerprint density at radius 2 is 1.74 bits per heavy atom. The highest BCUT2D eigenvalue weighted by molar-refractivity contribution is 6.39. The van der Waals surface area contributed by atoms with Crippen molar-refractivity contribution in [2.75, 3.05) is 36.9 Å². The molecule has 160 valence electrons. The molecule has 1 aliphatic rings. The third-order valence-corrected chi connectivity index (χ3v) is 5.92. The van der Waals surface area contributed by atoms with Crippen LogP contribution in [0.25, 0.3) is 10.9 Å². The van der Waals surface area contributed by atoms with Crippen LogP contribution in [0.5, 0.6) is 0 Å². The van der Waals surface area contributed by atoms with Crippen molar-refractivity contribution in [2.45, 2.75) is 12.8 Å². The Bertz CT molecular complexity index is 1130. The van der Waals surface area contributed by atoms with Gasteiger partial charge in [-0.15, -0.1) is 0 Å². The van der Waals surface area contributed by atoms with Gasteiger partial charge >= 0.3 is 0 Å². The number of hydrogen-bond acceptors (Lipinski definition) is 4. The summed E-state index contributed by atoms with van der Waals surface area (Å²) >= 11 is 12.2. The van der Waals surface area contributed by atoms with Gasteiger partial charge in [-0.1, -0.05) is 47.5 Å². The standard InChI is InChI=1S/C23H22Cl2N4O2/c1-28(14-20(30)27-21-17(24)8-6-9-18(21)25)23(31)16-13-15-7-2-3-10-19(15)26-22(16)29-11-4-5-12-29/h2-3,6-10,13H,4-5,11-12,14H2,1H3,(H,27,30). The molecule has 8 heteroatoms. The highest BCUT2D eigenvalue weighted by atomic mass is 35.5. The maximum atomic E-state index is 13.3. The molecule has 6 nitrogen and oxygen atoms in total. The summed E-state index contributed by atoms with van der Waals surface area (Å²) in [7, 11) is 1.60. The molecule has 1 N–H and O–H groups in total. The number of likely N-dealkylation sites (N-methyl/N-ethyl adjacent to an activating group) is 1. The SMILES string of the molecule is CN(CC(=O)Nc1c(Cl)cccc1Cl)C(=O)c1cc2ccccc2nc1N1CCCC1. The van der Waals surface area contributed by atoms with Crippen LogP contribution in [0.3, 0.4) is 0 Å². The van der Waals surface area contributed by atoms with Gasteiger partial charge in [0, 0.05) is 25.5 Å². The fraction of sp³-hybridized carbons (Fsp3) is 0.261. The van der Waals surface area contributed by atoms with Crippen molar-refractivity contribution < 1.29 is 9.59 Å². The molecule has 0 radical (unpaired) electrons. The van der Waals surface area contributed by atoms with Crippen molar-refractivity contribution in [2.24, 2.45) is 0 Å². The Morgan fingerprint density at radius 1 is 1.06 bits per heavy atom. The normalized spacial score (nSPS) is 13.5. The third kappa shape index (κ3) is 4.60. The van der Waals surface area contributed by atoms with Crippen molar-refractivity contribution in [3.8, 4) is 0 Å². The van der Waals surface area contributed by atoms with Crippen LogP contribution in [-0.4, -0.2) is 48.4 Å². The molecular weight excluding hydrogens is 435 g/mol. The molecule has 0 aliphatic carbocycles. The Hall–Kier alpha value is -2.83. The van der Waals surface area contributed by atoms with E-state index in [1.54, 1.807) is 25.2 Å². The number of benzene rings is 2. The zero-order valence-electron chi connectivity index (χ0n) is 17.1. The zero-order chi connectivity index (χ0) is 22.0. The lowest BCUT2D eigenvalue weighted by atomic mass is 10.1. The van der Waals surface area contributed by atoms with Crippen molar-refractivity contribution in [1.29, 1.82) is 0 Å². The molecule has 0 saturated carbocycles. The first kappa shape index (κ1) is 21.4. The third-order valence-electron chi connectivity index (χ3n) is 5.29. The molecule has 2 aromatic carbocycles. The number of amides is 2. The fourth-order valence-corrected chi connectivity index (χ4v) is 4.21. The zero-order valence-corrected chi connectivity index (χ0v) is 18.6. The number of halogens is 2. The lowest BCUT2D eigenvalue weighted by molar-refractivity contribution is -0.116. The Labute approximate surface area is 190 Å². The smallest absolute Gasteiger partial charge is 0.257 e. The molecule has 31 heavy (non-hydrogen) atoms. The lowest BCUT2D eigenvalue weighted by Gasteiger charge is -2.23. The maximum absolute atomic E-state index is 13.3. The van der Waals surface area contributed by atoms with Gasteiger partial charge < -0.3 is 15.1 Å². The van der Waals surface area contributed by atoms with E-state index in [-0.39, 0.29) is 18.4 Å². The van der Waals surface area contributed by atoms with Gasteiger partial charge in [0.2, 0.25) is 5.91 Å². The monoisotopic (exact) mass is 456 g/mol. The van der Waals surface area contributed by atoms with E-state index in [4.69, 9.17) is 28.2 Å². The molecule has 0 bridgehead atoms. The molecule has 3 aromatic rings. The first-order chi connectivity index (χ1) is 14.9. The van der Waals surface area contributed by atoms with Gasteiger partial charge in [-0.05, 0) is 37.1 Å². The first-order valence-electron chi connectivity index (χ1n) is 10.1. The maximum Gasteiger partial charge on any atom is 0.257 e. The van der Waals surface area contributed by atoms with E-state index in [0.29, 0.717) is 27.1 Å². The van der Waals surface area contributed by atoms with Crippen LogP contribution in [0.1, 0.15) is 23.2 Å². The predicted octanol–water partition coefficient (Wildman–Crippen LogP) is 4.85. The fourth-order valence-electron chi connectivity index (χ4n) is 3.72. The molecule has 1 aromatic heterocycles. The summed E-state index contributed by atoms with van der Waals surface area (Å²) in [6, 6.07) is 14.5. The van der Waals surface area contributed by atoms with Crippen LogP contribution in [0.15, 0.2) is 48.5 Å². The minimum atomic E-state index is -0.387. The number of carbonyl (C=O) groups excluding carboxylic acids is 2. The van der Waals surface area contributed by atoms with Crippen LogP contribution in [0.4, 0.5) is 11.5 Å². The van der Waals surface area contributed by atoms with E-state index in [1.165, 1.54) is 4.90 Å². The number of carbonyl (C=O) groups is 2. The second kappa shape index (κ2) is 9.12. The van der Waals surface area contributed by atoms with E-state index >= 15 is 0 Å². The minimum Gasteiger partial charge on any atom is -0.356 e. The second-order valence-corrected chi connectivity index (χ2v) is 8.37. The average Bonchev–Trinajstić information content (AvgIpc) is 3.29. The predicted molar refractivity (Wildman–Crippen MR) is 125 cm³/mol. The van der Waals surface area contributed by atoms with Gasteiger partial charge in [0.1, 0.15) is 5.82 Å². The molecule has 4 rings (SSSR count). The summed E-state index contributed by atoms with van der Waals surface area (Å²) in [5.41, 5.74) is 1.67. The van der Waals surface area contributed by atoms with Crippen molar-refractivity contribution in [1.82, 2.24) is 9.88 Å². The Morgan fingerprint density at radius 3 is 2.45 bits per heavy atom. The summed E-state index contributed by atoms with van der Waals surface area (Å²) in [6.07, 6.45) is 2.14. The molecule has 1 aliphatic heterocycles. The number of pyridine rings is 1. The topological polar surface area (TPSA) is 65.5 Å². The number of aromatic nitrogens is 1. The quantitative estimate of drug-likeness (QED) is 0.595. The minimum absolute atomic E-state index is 0.146. The Kier molecular flexibility index (Phi) is 6.30. The lowest BCUT2D eigenvalue weighted by Crippen LogP contribution is -2.36. The number of anilines is 2. The summed E-state index contributed by atoms with van der Waals surface area (Å²) in [5.74, 6) is 0.0190. The summed E-state index contributed by atoms with van der Waals surface area (Å²) < 4.78 is 0. The summed E-state index contributed by atoms with van der Waals surface area (Å²) in [6.45, 7) is 1.58. The molecule has 1 fully saturated rings.